The maximum Gasteiger partial charge on any atom is 0.227 e. The molecule has 0 amide bonds. The van der Waals surface area contributed by atoms with Crippen molar-refractivity contribution in [3.8, 4) is 11.5 Å². The number of anilines is 3. The number of hydrogen-bond acceptors (Lipinski definition) is 8. The molecule has 1 aromatic heterocycles. The highest BCUT2D eigenvalue weighted by Crippen LogP contribution is 2.33. The van der Waals surface area contributed by atoms with Gasteiger partial charge < -0.3 is 24.6 Å². The van der Waals surface area contributed by atoms with E-state index in [-0.39, 0.29) is 17.7 Å². The average molecular weight is 567 g/mol. The van der Waals surface area contributed by atoms with E-state index in [9.17, 15) is 8.78 Å². The zero-order chi connectivity index (χ0) is 28.9. The SMILES string of the molecule is COc1cc(N2CCC(N3CCN(C)CC3)CC2)ccc1Nc1ncc(CCc2c(F)c(C)cc(OC)c2F)cn1. The molecule has 10 heteroatoms. The van der Waals surface area contributed by atoms with Crippen LogP contribution in [0.15, 0.2) is 36.7 Å². The minimum absolute atomic E-state index is 0.0115. The van der Waals surface area contributed by atoms with E-state index >= 15 is 0 Å². The van der Waals surface area contributed by atoms with Crippen molar-refractivity contribution in [2.24, 2.45) is 0 Å². The van der Waals surface area contributed by atoms with Crippen LogP contribution in [0.25, 0.3) is 0 Å². The van der Waals surface area contributed by atoms with Crippen LogP contribution in [0.1, 0.15) is 29.5 Å². The molecule has 1 N–H and O–H groups in total. The molecule has 5 rings (SSSR count). The smallest absolute Gasteiger partial charge is 0.227 e. The van der Waals surface area contributed by atoms with Gasteiger partial charge in [0.2, 0.25) is 5.95 Å². The van der Waals surface area contributed by atoms with Crippen molar-refractivity contribution in [1.82, 2.24) is 19.8 Å². The highest BCUT2D eigenvalue weighted by molar-refractivity contribution is 5.68. The van der Waals surface area contributed by atoms with Crippen LogP contribution >= 0.6 is 0 Å². The Morgan fingerprint density at radius 3 is 2.22 bits per heavy atom. The van der Waals surface area contributed by atoms with Crippen LogP contribution in [0.3, 0.4) is 0 Å². The normalized spacial score (nSPS) is 17.1. The summed E-state index contributed by atoms with van der Waals surface area (Å²) in [7, 11) is 5.23. The quantitative estimate of drug-likeness (QED) is 0.396. The van der Waals surface area contributed by atoms with Crippen molar-refractivity contribution in [1.29, 1.82) is 0 Å². The van der Waals surface area contributed by atoms with Gasteiger partial charge in [-0.05, 0) is 69.0 Å². The molecule has 0 spiro atoms. The molecule has 41 heavy (non-hydrogen) atoms. The minimum atomic E-state index is -0.662. The standard InChI is InChI=1S/C31H40F2N6O2/c1-21-17-28(41-4)30(33)25(29(21)32)7-5-22-19-34-31(35-20-22)36-26-8-6-24(18-27(26)40-3)38-11-9-23(10-12-38)39-15-13-37(2)14-16-39/h6,8,17-20,23H,5,7,9-16H2,1-4H3,(H,34,35,36). The van der Waals surface area contributed by atoms with Gasteiger partial charge >= 0.3 is 0 Å². The molecule has 220 valence electrons. The predicted molar refractivity (Wildman–Crippen MR) is 158 cm³/mol. The molecule has 3 aromatic rings. The van der Waals surface area contributed by atoms with Gasteiger partial charge in [-0.1, -0.05) is 0 Å². The summed E-state index contributed by atoms with van der Waals surface area (Å²) in [5.41, 5.74) is 3.05. The second-order valence-electron chi connectivity index (χ2n) is 11.0. The number of likely N-dealkylation sites (N-methyl/N-ethyl adjacent to an activating group) is 1. The molecule has 2 fully saturated rings. The fraction of sp³-hybridized carbons (Fsp3) is 0.484. The van der Waals surface area contributed by atoms with Crippen molar-refractivity contribution in [2.45, 2.75) is 38.6 Å². The Balaban J connectivity index is 1.18. The van der Waals surface area contributed by atoms with Crippen molar-refractivity contribution >= 4 is 17.3 Å². The molecule has 3 heterocycles. The lowest BCUT2D eigenvalue weighted by molar-refractivity contribution is 0.0982. The molecule has 2 aliphatic rings. The topological polar surface area (TPSA) is 66.0 Å². The largest absolute Gasteiger partial charge is 0.494 e. The van der Waals surface area contributed by atoms with Crippen LogP contribution in [0.5, 0.6) is 11.5 Å². The number of halogens is 2. The highest BCUT2D eigenvalue weighted by Gasteiger charge is 2.27. The maximum absolute atomic E-state index is 14.6. The van der Waals surface area contributed by atoms with E-state index in [2.05, 4.69) is 49.2 Å². The third-order valence-electron chi connectivity index (χ3n) is 8.34. The molecule has 0 saturated carbocycles. The summed E-state index contributed by atoms with van der Waals surface area (Å²) in [6.07, 6.45) is 6.25. The van der Waals surface area contributed by atoms with E-state index in [1.165, 1.54) is 26.0 Å². The Labute approximate surface area is 241 Å². The number of rotatable bonds is 9. The first-order chi connectivity index (χ1) is 19.9. The molecule has 2 saturated heterocycles. The fourth-order valence-electron chi connectivity index (χ4n) is 5.77. The lowest BCUT2D eigenvalue weighted by Crippen LogP contribution is -2.52. The molecular weight excluding hydrogens is 526 g/mol. The predicted octanol–water partition coefficient (Wildman–Crippen LogP) is 4.83. The van der Waals surface area contributed by atoms with E-state index in [0.29, 0.717) is 24.0 Å². The maximum atomic E-state index is 14.6. The van der Waals surface area contributed by atoms with Crippen LogP contribution < -0.4 is 19.7 Å². The number of aryl methyl sites for hydroxylation is 2. The number of aromatic nitrogens is 2. The van der Waals surface area contributed by atoms with Crippen molar-refractivity contribution < 1.29 is 18.3 Å². The molecule has 8 nitrogen and oxygen atoms in total. The Hall–Kier alpha value is -3.50. The van der Waals surface area contributed by atoms with Gasteiger partial charge in [0.05, 0.1) is 19.9 Å². The van der Waals surface area contributed by atoms with E-state index in [4.69, 9.17) is 9.47 Å². The van der Waals surface area contributed by atoms with E-state index in [1.807, 2.05) is 6.07 Å². The first-order valence-corrected chi connectivity index (χ1v) is 14.3. The Bertz CT molecular complexity index is 1320. The number of methoxy groups -OCH3 is 2. The van der Waals surface area contributed by atoms with Gasteiger partial charge in [-0.2, -0.15) is 0 Å². The van der Waals surface area contributed by atoms with E-state index < -0.39 is 11.6 Å². The summed E-state index contributed by atoms with van der Waals surface area (Å²) in [4.78, 5) is 16.3. The molecular formula is C31H40F2N6O2. The zero-order valence-electron chi connectivity index (χ0n) is 24.4. The zero-order valence-corrected chi connectivity index (χ0v) is 24.4. The van der Waals surface area contributed by atoms with Gasteiger partial charge in [0.25, 0.3) is 0 Å². The third kappa shape index (κ3) is 6.70. The summed E-state index contributed by atoms with van der Waals surface area (Å²) in [5, 5.41) is 3.24. The Kier molecular flexibility index (Phi) is 9.19. The molecule has 0 unspecified atom stereocenters. The lowest BCUT2D eigenvalue weighted by Gasteiger charge is -2.42. The van der Waals surface area contributed by atoms with Gasteiger partial charge in [-0.25, -0.2) is 18.7 Å². The van der Waals surface area contributed by atoms with Crippen molar-refractivity contribution in [2.75, 3.05) is 70.8 Å². The highest BCUT2D eigenvalue weighted by atomic mass is 19.1. The van der Waals surface area contributed by atoms with Crippen LogP contribution in [-0.2, 0) is 12.8 Å². The number of piperazine rings is 1. The Morgan fingerprint density at radius 2 is 1.56 bits per heavy atom. The summed E-state index contributed by atoms with van der Waals surface area (Å²) in [6.45, 7) is 8.29. The summed E-state index contributed by atoms with van der Waals surface area (Å²) >= 11 is 0. The molecule has 2 aliphatic heterocycles. The van der Waals surface area contributed by atoms with Crippen LogP contribution in [0.4, 0.5) is 26.1 Å². The summed E-state index contributed by atoms with van der Waals surface area (Å²) in [6, 6.07) is 8.20. The van der Waals surface area contributed by atoms with Crippen molar-refractivity contribution in [3.63, 3.8) is 0 Å². The van der Waals surface area contributed by atoms with E-state index in [0.717, 1.165) is 62.0 Å². The Morgan fingerprint density at radius 1 is 0.878 bits per heavy atom. The van der Waals surface area contributed by atoms with Gasteiger partial charge in [-0.15, -0.1) is 0 Å². The van der Waals surface area contributed by atoms with E-state index in [1.54, 1.807) is 26.4 Å². The van der Waals surface area contributed by atoms with Gasteiger partial charge in [0.15, 0.2) is 11.6 Å². The number of nitrogens with one attached hydrogen (secondary N) is 1. The third-order valence-corrected chi connectivity index (χ3v) is 8.34. The second-order valence-corrected chi connectivity index (χ2v) is 11.0. The number of piperidine rings is 1. The summed E-state index contributed by atoms with van der Waals surface area (Å²) < 4.78 is 39.9. The monoisotopic (exact) mass is 566 g/mol. The van der Waals surface area contributed by atoms with Gasteiger partial charge in [0.1, 0.15) is 11.6 Å². The molecule has 2 aromatic carbocycles. The average Bonchev–Trinajstić information content (AvgIpc) is 3.00. The number of ether oxygens (including phenoxy) is 2. The van der Waals surface area contributed by atoms with Crippen LogP contribution in [-0.4, -0.2) is 86.3 Å². The molecule has 0 atom stereocenters. The minimum Gasteiger partial charge on any atom is -0.494 e. The number of nitrogens with zero attached hydrogens (tertiary/aromatic N) is 5. The molecule has 0 aliphatic carbocycles. The van der Waals surface area contributed by atoms with Gasteiger partial charge in [0, 0.05) is 75.0 Å². The number of hydrogen-bond donors (Lipinski definition) is 1. The number of benzene rings is 2. The molecule has 0 radical (unpaired) electrons. The second kappa shape index (κ2) is 13.0. The first-order valence-electron chi connectivity index (χ1n) is 14.3. The van der Waals surface area contributed by atoms with Crippen molar-refractivity contribution in [3.05, 3.63) is 65.0 Å². The van der Waals surface area contributed by atoms with Crippen LogP contribution in [0.2, 0.25) is 0 Å². The van der Waals surface area contributed by atoms with Gasteiger partial charge in [-0.3, -0.25) is 4.90 Å². The van der Waals surface area contributed by atoms with Crippen LogP contribution in [0, 0.1) is 18.6 Å². The first kappa shape index (κ1) is 29.0. The lowest BCUT2D eigenvalue weighted by atomic mass is 10.0. The fourth-order valence-corrected chi connectivity index (χ4v) is 5.77. The summed E-state index contributed by atoms with van der Waals surface area (Å²) in [5.74, 6) is -0.0231. The molecule has 0 bridgehead atoms.